The molecule has 0 aliphatic rings. The van der Waals surface area contributed by atoms with Crippen molar-refractivity contribution in [3.8, 4) is 0 Å². The van der Waals surface area contributed by atoms with E-state index in [1.807, 2.05) is 6.92 Å². The molecule has 3 N–H and O–H groups in total. The molecule has 0 fully saturated rings. The summed E-state index contributed by atoms with van der Waals surface area (Å²) < 4.78 is 16.1. The zero-order valence-electron chi connectivity index (χ0n) is 9.54. The summed E-state index contributed by atoms with van der Waals surface area (Å²) in [6, 6.07) is 0.141. The molecule has 0 aromatic rings. The zero-order valence-corrected chi connectivity index (χ0v) is 10.5. The molecule has 0 radical (unpaired) electrons. The molecule has 0 rings (SSSR count). The second kappa shape index (κ2) is 7.63. The van der Waals surface area contributed by atoms with Crippen LogP contribution in [0.1, 0.15) is 13.3 Å². The third-order valence-electron chi connectivity index (χ3n) is 1.95. The van der Waals surface area contributed by atoms with Crippen molar-refractivity contribution in [2.24, 2.45) is 5.73 Å². The van der Waals surface area contributed by atoms with Gasteiger partial charge in [0.1, 0.15) is 0 Å². The van der Waals surface area contributed by atoms with Gasteiger partial charge in [-0.25, -0.2) is 4.79 Å². The molecule has 0 heterocycles. The van der Waals surface area contributed by atoms with Crippen molar-refractivity contribution in [2.45, 2.75) is 19.4 Å². The molecular weight excluding hydrogens is 216 g/mol. The maximum Gasteiger partial charge on any atom is 0.500 e. The van der Waals surface area contributed by atoms with Gasteiger partial charge in [0.2, 0.25) is 0 Å². The molecule has 0 aromatic heterocycles. The third kappa shape index (κ3) is 5.73. The maximum absolute atomic E-state index is 10.4. The van der Waals surface area contributed by atoms with E-state index in [4.69, 9.17) is 19.0 Å². The Balaban J connectivity index is 3.89. The van der Waals surface area contributed by atoms with E-state index in [-0.39, 0.29) is 0 Å². The predicted octanol–water partition coefficient (Wildman–Crippen LogP) is 0.313. The Labute approximate surface area is 91.4 Å². The number of primary amides is 1. The average molecular weight is 236 g/mol. The summed E-state index contributed by atoms with van der Waals surface area (Å²) in [5.74, 6) is 0. The quantitative estimate of drug-likeness (QED) is 0.469. The van der Waals surface area contributed by atoms with Gasteiger partial charge in [-0.05, 0) is 13.3 Å². The van der Waals surface area contributed by atoms with Crippen LogP contribution in [0.4, 0.5) is 4.79 Å². The Morgan fingerprint density at radius 1 is 1.40 bits per heavy atom. The van der Waals surface area contributed by atoms with Crippen molar-refractivity contribution in [1.29, 1.82) is 0 Å². The van der Waals surface area contributed by atoms with Gasteiger partial charge >= 0.3 is 14.8 Å². The number of amides is 2. The Kier molecular flexibility index (Phi) is 7.31. The lowest BCUT2D eigenvalue weighted by Gasteiger charge is -2.25. The number of nitrogens with two attached hydrogens (primary N) is 1. The fourth-order valence-electron chi connectivity index (χ4n) is 1.21. The third-order valence-corrected chi connectivity index (χ3v) is 4.88. The molecule has 0 aliphatic heterocycles. The summed E-state index contributed by atoms with van der Waals surface area (Å²) in [4.78, 5) is 10.4. The molecule has 90 valence electrons. The number of hydrogen-bond donors (Lipinski definition) is 2. The molecule has 0 spiro atoms. The van der Waals surface area contributed by atoms with Gasteiger partial charge in [-0.15, -0.1) is 0 Å². The van der Waals surface area contributed by atoms with E-state index in [2.05, 4.69) is 5.32 Å². The second-order valence-corrected chi connectivity index (χ2v) is 5.89. The van der Waals surface area contributed by atoms with Crippen molar-refractivity contribution < 1.29 is 18.1 Å². The summed E-state index contributed by atoms with van der Waals surface area (Å²) in [6.45, 7) is 2.95. The SMILES string of the molecule is CCO[Si](CCCNC(N)=O)(OC)OC. The smallest absolute Gasteiger partial charge is 0.377 e. The van der Waals surface area contributed by atoms with Crippen LogP contribution in [-0.2, 0) is 13.3 Å². The van der Waals surface area contributed by atoms with E-state index in [0.29, 0.717) is 19.2 Å². The van der Waals surface area contributed by atoms with Crippen molar-refractivity contribution in [3.63, 3.8) is 0 Å². The molecule has 7 heteroatoms. The number of hydrogen-bond acceptors (Lipinski definition) is 4. The highest BCUT2D eigenvalue weighted by Crippen LogP contribution is 2.15. The predicted molar refractivity (Wildman–Crippen MR) is 58.4 cm³/mol. The van der Waals surface area contributed by atoms with Gasteiger partial charge in [-0.1, -0.05) is 0 Å². The summed E-state index contributed by atoms with van der Waals surface area (Å²) >= 11 is 0. The number of nitrogens with one attached hydrogen (secondary N) is 1. The average Bonchev–Trinajstić information content (AvgIpc) is 2.22. The Bertz CT molecular complexity index is 187. The number of carbonyl (C=O) groups is 1. The van der Waals surface area contributed by atoms with Crippen LogP contribution in [0.25, 0.3) is 0 Å². The lowest BCUT2D eigenvalue weighted by Crippen LogP contribution is -2.44. The molecule has 0 saturated heterocycles. The molecule has 0 saturated carbocycles. The largest absolute Gasteiger partial charge is 0.500 e. The van der Waals surface area contributed by atoms with Crippen molar-refractivity contribution in [1.82, 2.24) is 5.32 Å². The fraction of sp³-hybridized carbons (Fsp3) is 0.875. The normalized spacial score (nSPS) is 11.4. The summed E-state index contributed by atoms with van der Waals surface area (Å²) in [6.07, 6.45) is 0.719. The van der Waals surface area contributed by atoms with Gasteiger partial charge in [0, 0.05) is 33.4 Å². The van der Waals surface area contributed by atoms with Crippen LogP contribution in [-0.4, -0.2) is 42.2 Å². The van der Waals surface area contributed by atoms with E-state index in [9.17, 15) is 4.79 Å². The van der Waals surface area contributed by atoms with Crippen LogP contribution in [0, 0.1) is 0 Å². The number of urea groups is 1. The van der Waals surface area contributed by atoms with E-state index in [1.165, 1.54) is 0 Å². The molecule has 15 heavy (non-hydrogen) atoms. The van der Waals surface area contributed by atoms with Crippen LogP contribution < -0.4 is 11.1 Å². The van der Waals surface area contributed by atoms with Gasteiger partial charge in [0.25, 0.3) is 0 Å². The minimum Gasteiger partial charge on any atom is -0.377 e. The summed E-state index contributed by atoms with van der Waals surface area (Å²) in [5.41, 5.74) is 4.93. The number of rotatable bonds is 8. The monoisotopic (exact) mass is 236 g/mol. The standard InChI is InChI=1S/C8H20N2O4Si/c1-4-14-15(12-2,13-3)7-5-6-10-8(9)11/h4-7H2,1-3H3,(H3,9,10,11). The molecule has 0 aromatic carbocycles. The van der Waals surface area contributed by atoms with Crippen molar-refractivity contribution in [3.05, 3.63) is 0 Å². The number of carbonyl (C=O) groups excluding carboxylic acids is 1. The van der Waals surface area contributed by atoms with Crippen LogP contribution in [0.15, 0.2) is 0 Å². The minimum atomic E-state index is -2.51. The highest BCUT2D eigenvalue weighted by Gasteiger charge is 2.37. The fourth-order valence-corrected chi connectivity index (χ4v) is 3.22. The first-order valence-corrected chi connectivity index (χ1v) is 6.81. The van der Waals surface area contributed by atoms with Gasteiger partial charge in [-0.2, -0.15) is 0 Å². The maximum atomic E-state index is 10.4. The summed E-state index contributed by atoms with van der Waals surface area (Å²) in [5, 5.41) is 2.50. The van der Waals surface area contributed by atoms with Crippen LogP contribution in [0.2, 0.25) is 6.04 Å². The Morgan fingerprint density at radius 2 is 2.00 bits per heavy atom. The first kappa shape index (κ1) is 14.4. The van der Waals surface area contributed by atoms with Crippen molar-refractivity contribution >= 4 is 14.8 Å². The van der Waals surface area contributed by atoms with E-state index >= 15 is 0 Å². The highest BCUT2D eigenvalue weighted by atomic mass is 28.4. The van der Waals surface area contributed by atoms with E-state index < -0.39 is 14.8 Å². The lowest BCUT2D eigenvalue weighted by atomic mass is 10.5. The lowest BCUT2D eigenvalue weighted by molar-refractivity contribution is 0.103. The topological polar surface area (TPSA) is 82.8 Å². The van der Waals surface area contributed by atoms with E-state index in [0.717, 1.165) is 6.42 Å². The molecule has 0 bridgehead atoms. The van der Waals surface area contributed by atoms with Crippen LogP contribution in [0.3, 0.4) is 0 Å². The molecule has 2 amide bonds. The van der Waals surface area contributed by atoms with Gasteiger partial charge in [0.15, 0.2) is 0 Å². The van der Waals surface area contributed by atoms with Crippen LogP contribution in [0.5, 0.6) is 0 Å². The Morgan fingerprint density at radius 3 is 2.40 bits per heavy atom. The zero-order chi connectivity index (χ0) is 11.7. The second-order valence-electron chi connectivity index (χ2n) is 2.92. The first-order chi connectivity index (χ1) is 7.10. The molecular formula is C8H20N2O4Si. The van der Waals surface area contributed by atoms with E-state index in [1.54, 1.807) is 14.2 Å². The van der Waals surface area contributed by atoms with Gasteiger partial charge < -0.3 is 24.3 Å². The Hall–Kier alpha value is -0.633. The van der Waals surface area contributed by atoms with Gasteiger partial charge in [-0.3, -0.25) is 0 Å². The first-order valence-electron chi connectivity index (χ1n) is 4.87. The molecule has 0 aliphatic carbocycles. The highest BCUT2D eigenvalue weighted by molar-refractivity contribution is 6.60. The summed E-state index contributed by atoms with van der Waals surface area (Å²) in [7, 11) is 0.645. The molecule has 0 atom stereocenters. The van der Waals surface area contributed by atoms with Crippen molar-refractivity contribution in [2.75, 3.05) is 27.4 Å². The van der Waals surface area contributed by atoms with Crippen LogP contribution >= 0.6 is 0 Å². The molecule has 6 nitrogen and oxygen atoms in total. The molecule has 0 unspecified atom stereocenters. The minimum absolute atomic E-state index is 0.504. The van der Waals surface area contributed by atoms with Gasteiger partial charge in [0.05, 0.1) is 0 Å².